The highest BCUT2D eigenvalue weighted by Crippen LogP contribution is 2.45. The predicted molar refractivity (Wildman–Crippen MR) is 159 cm³/mol. The quantitative estimate of drug-likeness (QED) is 0.286. The molecule has 2 heterocycles. The van der Waals surface area contributed by atoms with Gasteiger partial charge in [0.05, 0.1) is 12.2 Å². The number of amides is 1. The molecule has 0 aromatic heterocycles. The minimum atomic E-state index is -5.08. The number of rotatable bonds is 9. The molecule has 246 valence electrons. The molecule has 1 atom stereocenters. The molecule has 3 aliphatic rings. The molecule has 2 aromatic carbocycles. The zero-order chi connectivity index (χ0) is 32.9. The largest absolute Gasteiger partial charge is 0.493 e. The van der Waals surface area contributed by atoms with Gasteiger partial charge in [0.1, 0.15) is 17.6 Å². The standard InChI is InChI=1S/C29H33Cl2FN2O4.C2HF3O2/c30-21-12-19(13-22(31)14-21)7-11-33-9-5-18(6-10-33)17-38-27-16-25(32)24(15-23(27)20-3-4-20)28(35)34-8-1-2-26(34)29(36)37;3-2(4,5)1(6)7/h12-16,18,20,26H,1-11,17H2,(H,36,37);(H,6,7)/t26-;/m0./s1. The summed E-state index contributed by atoms with van der Waals surface area (Å²) in [5.41, 5.74) is 1.94. The van der Waals surface area contributed by atoms with Crippen molar-refractivity contribution in [2.75, 3.05) is 32.8 Å². The molecule has 2 aliphatic heterocycles. The second-order valence-corrected chi connectivity index (χ2v) is 12.4. The van der Waals surface area contributed by atoms with Gasteiger partial charge >= 0.3 is 18.1 Å². The number of nitrogens with zero attached hydrogens (tertiary/aromatic N) is 2. The van der Waals surface area contributed by atoms with Crippen molar-refractivity contribution in [3.8, 4) is 5.75 Å². The molecule has 0 bridgehead atoms. The highest BCUT2D eigenvalue weighted by atomic mass is 35.5. The minimum Gasteiger partial charge on any atom is -0.493 e. The van der Waals surface area contributed by atoms with E-state index < -0.39 is 35.9 Å². The summed E-state index contributed by atoms with van der Waals surface area (Å²) < 4.78 is 53.0. The number of likely N-dealkylation sites (tertiary alicyclic amines) is 2. The van der Waals surface area contributed by atoms with E-state index in [1.165, 1.54) is 11.0 Å². The molecule has 14 heteroatoms. The molecule has 2 saturated heterocycles. The van der Waals surface area contributed by atoms with Crippen LogP contribution >= 0.6 is 23.2 Å². The summed E-state index contributed by atoms with van der Waals surface area (Å²) in [7, 11) is 0. The number of carboxylic acid groups (broad SMARTS) is 2. The van der Waals surface area contributed by atoms with Gasteiger partial charge in [0, 0.05) is 29.2 Å². The molecule has 0 radical (unpaired) electrons. The van der Waals surface area contributed by atoms with Gasteiger partial charge in [0.25, 0.3) is 5.91 Å². The lowest BCUT2D eigenvalue weighted by Gasteiger charge is -2.32. The molecule has 0 unspecified atom stereocenters. The normalized spacial score (nSPS) is 19.2. The molecular formula is C31H34Cl2F4N2O6. The Kier molecular flexibility index (Phi) is 11.6. The Morgan fingerprint density at radius 3 is 2.09 bits per heavy atom. The molecular weight excluding hydrogens is 643 g/mol. The number of aliphatic carboxylic acids is 2. The van der Waals surface area contributed by atoms with Crippen LogP contribution in [0.25, 0.3) is 0 Å². The number of carbonyl (C=O) groups excluding carboxylic acids is 1. The zero-order valence-corrected chi connectivity index (χ0v) is 25.8. The molecule has 45 heavy (non-hydrogen) atoms. The van der Waals surface area contributed by atoms with E-state index in [4.69, 9.17) is 37.8 Å². The maximum atomic E-state index is 15.1. The molecule has 8 nitrogen and oxygen atoms in total. The van der Waals surface area contributed by atoms with Crippen LogP contribution in [0.2, 0.25) is 10.0 Å². The molecule has 1 saturated carbocycles. The van der Waals surface area contributed by atoms with Crippen molar-refractivity contribution in [2.45, 2.75) is 63.1 Å². The van der Waals surface area contributed by atoms with E-state index in [1.807, 2.05) is 12.1 Å². The molecule has 3 fully saturated rings. The number of hydrogen-bond donors (Lipinski definition) is 2. The van der Waals surface area contributed by atoms with E-state index in [1.54, 1.807) is 12.1 Å². The predicted octanol–water partition coefficient (Wildman–Crippen LogP) is 6.67. The molecule has 2 aromatic rings. The summed E-state index contributed by atoms with van der Waals surface area (Å²) in [6.45, 7) is 3.73. The number of hydrogen-bond acceptors (Lipinski definition) is 5. The van der Waals surface area contributed by atoms with Crippen LogP contribution in [-0.2, 0) is 16.0 Å². The van der Waals surface area contributed by atoms with Gasteiger partial charge in [-0.1, -0.05) is 23.2 Å². The van der Waals surface area contributed by atoms with Crippen LogP contribution in [0.4, 0.5) is 17.6 Å². The Hall–Kier alpha value is -3.09. The third kappa shape index (κ3) is 9.70. The van der Waals surface area contributed by atoms with Crippen molar-refractivity contribution >= 4 is 41.0 Å². The highest BCUT2D eigenvalue weighted by Gasteiger charge is 2.38. The average molecular weight is 678 g/mol. The molecule has 1 aliphatic carbocycles. The fourth-order valence-electron chi connectivity index (χ4n) is 5.62. The van der Waals surface area contributed by atoms with E-state index in [9.17, 15) is 27.9 Å². The third-order valence-corrected chi connectivity index (χ3v) is 8.65. The minimum absolute atomic E-state index is 0.0540. The fourth-order valence-corrected chi connectivity index (χ4v) is 6.19. The molecule has 0 spiro atoms. The SMILES string of the molecule is O=C(O)C(F)(F)F.O=C(O)[C@@H]1CCCN1C(=O)c1cc(C2CC2)c(OCC2CCN(CCc3cc(Cl)cc(Cl)c3)CC2)cc1F. The lowest BCUT2D eigenvalue weighted by molar-refractivity contribution is -0.192. The number of piperidine rings is 1. The van der Waals surface area contributed by atoms with E-state index >= 15 is 4.39 Å². The van der Waals surface area contributed by atoms with Crippen molar-refractivity contribution < 1.29 is 46.9 Å². The molecule has 2 N–H and O–H groups in total. The zero-order valence-electron chi connectivity index (χ0n) is 24.3. The van der Waals surface area contributed by atoms with Crippen LogP contribution in [0.1, 0.15) is 65.9 Å². The van der Waals surface area contributed by atoms with Crippen molar-refractivity contribution in [3.63, 3.8) is 0 Å². The van der Waals surface area contributed by atoms with E-state index in [-0.39, 0.29) is 11.5 Å². The molecule has 1 amide bonds. The van der Waals surface area contributed by atoms with Crippen LogP contribution in [0.15, 0.2) is 30.3 Å². The summed E-state index contributed by atoms with van der Waals surface area (Å²) in [5.74, 6) is -3.85. The first-order valence-electron chi connectivity index (χ1n) is 14.7. The lowest BCUT2D eigenvalue weighted by atomic mass is 9.97. The second-order valence-electron chi connectivity index (χ2n) is 11.6. The van der Waals surface area contributed by atoms with Gasteiger partial charge < -0.3 is 24.7 Å². The van der Waals surface area contributed by atoms with Crippen molar-refractivity contribution in [1.82, 2.24) is 9.80 Å². The Labute approximate surface area is 267 Å². The van der Waals surface area contributed by atoms with Gasteiger partial charge in [-0.05, 0) is 105 Å². The Morgan fingerprint density at radius 1 is 0.911 bits per heavy atom. The van der Waals surface area contributed by atoms with Crippen LogP contribution < -0.4 is 4.74 Å². The first-order chi connectivity index (χ1) is 21.2. The third-order valence-electron chi connectivity index (χ3n) is 8.21. The van der Waals surface area contributed by atoms with Gasteiger partial charge in [-0.3, -0.25) is 4.79 Å². The topological polar surface area (TPSA) is 107 Å². The Morgan fingerprint density at radius 2 is 1.53 bits per heavy atom. The van der Waals surface area contributed by atoms with E-state index in [0.29, 0.717) is 47.7 Å². The first-order valence-corrected chi connectivity index (χ1v) is 15.5. The van der Waals surface area contributed by atoms with Crippen LogP contribution in [0, 0.1) is 11.7 Å². The number of halogens is 6. The van der Waals surface area contributed by atoms with E-state index in [0.717, 1.165) is 62.9 Å². The van der Waals surface area contributed by atoms with Gasteiger partial charge in [-0.15, -0.1) is 0 Å². The van der Waals surface area contributed by atoms with Gasteiger partial charge in [-0.25, -0.2) is 14.0 Å². The maximum absolute atomic E-state index is 15.1. The lowest BCUT2D eigenvalue weighted by Crippen LogP contribution is -2.40. The smallest absolute Gasteiger partial charge is 0.490 e. The number of carbonyl (C=O) groups is 3. The van der Waals surface area contributed by atoms with Gasteiger partial charge in [0.2, 0.25) is 0 Å². The Bertz CT molecular complexity index is 1380. The average Bonchev–Trinajstić information content (AvgIpc) is 3.69. The van der Waals surface area contributed by atoms with Crippen LogP contribution in [-0.4, -0.2) is 82.9 Å². The first kappa shape index (κ1) is 34.8. The highest BCUT2D eigenvalue weighted by molar-refractivity contribution is 6.34. The van der Waals surface area contributed by atoms with E-state index in [2.05, 4.69) is 4.90 Å². The number of carboxylic acids is 2. The number of alkyl halides is 3. The molecule has 5 rings (SSSR count). The summed E-state index contributed by atoms with van der Waals surface area (Å²) in [6.07, 6.45) is 0.767. The van der Waals surface area contributed by atoms with Crippen molar-refractivity contribution in [1.29, 1.82) is 0 Å². The van der Waals surface area contributed by atoms with Gasteiger partial charge in [-0.2, -0.15) is 13.2 Å². The summed E-state index contributed by atoms with van der Waals surface area (Å²) in [6, 6.07) is 7.70. The second kappa shape index (κ2) is 15.0. The fraction of sp³-hybridized carbons (Fsp3) is 0.516. The summed E-state index contributed by atoms with van der Waals surface area (Å²) in [4.78, 5) is 37.2. The number of ether oxygens (including phenoxy) is 1. The summed E-state index contributed by atoms with van der Waals surface area (Å²) >= 11 is 12.2. The maximum Gasteiger partial charge on any atom is 0.490 e. The van der Waals surface area contributed by atoms with Crippen molar-refractivity contribution in [3.05, 3.63) is 62.9 Å². The summed E-state index contributed by atoms with van der Waals surface area (Å²) in [5, 5.41) is 17.9. The van der Waals surface area contributed by atoms with Gasteiger partial charge in [0.15, 0.2) is 0 Å². The monoisotopic (exact) mass is 676 g/mol. The van der Waals surface area contributed by atoms with Crippen molar-refractivity contribution in [2.24, 2.45) is 5.92 Å². The number of benzene rings is 2. The van der Waals surface area contributed by atoms with Crippen LogP contribution in [0.3, 0.4) is 0 Å². The Balaban J connectivity index is 0.000000591. The van der Waals surface area contributed by atoms with Crippen LogP contribution in [0.5, 0.6) is 5.75 Å².